The highest BCUT2D eigenvalue weighted by molar-refractivity contribution is 5.76. The molecule has 4 heteroatoms. The highest BCUT2D eigenvalue weighted by Crippen LogP contribution is 2.16. The van der Waals surface area contributed by atoms with Gasteiger partial charge in [0.15, 0.2) is 0 Å². The Morgan fingerprint density at radius 3 is 0.971 bits per heavy atom. The van der Waals surface area contributed by atoms with Crippen LogP contribution in [0.1, 0.15) is 258 Å². The second kappa shape index (κ2) is 58.1. The molecule has 3 N–H and O–H groups in total. The second-order valence-corrected chi connectivity index (χ2v) is 19.0. The highest BCUT2D eigenvalue weighted by atomic mass is 16.3. The van der Waals surface area contributed by atoms with Crippen LogP contribution in [0.3, 0.4) is 0 Å². The first-order valence-corrected chi connectivity index (χ1v) is 28.7. The number of rotatable bonds is 51. The van der Waals surface area contributed by atoms with Gasteiger partial charge in [-0.1, -0.05) is 283 Å². The zero-order valence-electron chi connectivity index (χ0n) is 44.6. The van der Waals surface area contributed by atoms with Crippen molar-refractivity contribution in [2.75, 3.05) is 6.61 Å². The maximum atomic E-state index is 12.5. The molecule has 0 aromatic rings. The lowest BCUT2D eigenvalue weighted by atomic mass is 10.0. The maximum Gasteiger partial charge on any atom is 0.220 e. The quantitative estimate of drug-likeness (QED) is 0.0420. The molecule has 68 heavy (non-hydrogen) atoms. The average Bonchev–Trinajstić information content (AvgIpc) is 3.34. The van der Waals surface area contributed by atoms with Crippen molar-refractivity contribution < 1.29 is 15.0 Å². The van der Waals surface area contributed by atoms with Crippen molar-refractivity contribution >= 4 is 5.91 Å². The first-order valence-electron chi connectivity index (χ1n) is 28.7. The SMILES string of the molecule is CC/C=C\C/C=C\C/C=C\C/C=C\C/C=C\C/C=C\C/C=C\C/C=C\C/C=C\C/C=C\CCCCCCC(=O)NC(CO)C(O)CCCCCCCCCCCCCCCCCCCCCCC. The molecule has 0 aliphatic heterocycles. The summed E-state index contributed by atoms with van der Waals surface area (Å²) in [7, 11) is 0. The molecule has 0 aliphatic carbocycles. The fourth-order valence-corrected chi connectivity index (χ4v) is 8.15. The van der Waals surface area contributed by atoms with E-state index in [1.54, 1.807) is 0 Å². The lowest BCUT2D eigenvalue weighted by Gasteiger charge is -2.22. The molecule has 0 bridgehead atoms. The van der Waals surface area contributed by atoms with Gasteiger partial charge in [-0.05, 0) is 89.9 Å². The molecular formula is C64H109NO3. The van der Waals surface area contributed by atoms with Crippen LogP contribution in [0.25, 0.3) is 0 Å². The monoisotopic (exact) mass is 940 g/mol. The third kappa shape index (κ3) is 53.7. The summed E-state index contributed by atoms with van der Waals surface area (Å²) in [6, 6.07) is -0.560. The van der Waals surface area contributed by atoms with E-state index in [0.717, 1.165) is 109 Å². The van der Waals surface area contributed by atoms with Crippen LogP contribution in [0.15, 0.2) is 122 Å². The molecule has 0 heterocycles. The van der Waals surface area contributed by atoms with Gasteiger partial charge in [-0.2, -0.15) is 0 Å². The van der Waals surface area contributed by atoms with Crippen molar-refractivity contribution in [1.29, 1.82) is 0 Å². The van der Waals surface area contributed by atoms with E-state index in [4.69, 9.17) is 0 Å². The van der Waals surface area contributed by atoms with Gasteiger partial charge in [-0.3, -0.25) is 4.79 Å². The zero-order valence-corrected chi connectivity index (χ0v) is 44.6. The van der Waals surface area contributed by atoms with Crippen LogP contribution in [0, 0.1) is 0 Å². The number of hydrogen-bond donors (Lipinski definition) is 3. The fraction of sp³-hybridized carbons (Fsp3) is 0.672. The van der Waals surface area contributed by atoms with Crippen LogP contribution >= 0.6 is 0 Å². The van der Waals surface area contributed by atoms with Gasteiger partial charge >= 0.3 is 0 Å². The molecule has 0 fully saturated rings. The van der Waals surface area contributed by atoms with Gasteiger partial charge in [-0.15, -0.1) is 0 Å². The van der Waals surface area contributed by atoms with Gasteiger partial charge in [0.25, 0.3) is 0 Å². The summed E-state index contributed by atoms with van der Waals surface area (Å²) in [6.45, 7) is 4.24. The summed E-state index contributed by atoms with van der Waals surface area (Å²) in [6.07, 6.45) is 88.9. The molecule has 2 unspecified atom stereocenters. The van der Waals surface area contributed by atoms with Gasteiger partial charge in [0, 0.05) is 6.42 Å². The van der Waals surface area contributed by atoms with Gasteiger partial charge in [0.1, 0.15) is 0 Å². The van der Waals surface area contributed by atoms with E-state index < -0.39 is 12.1 Å². The Kier molecular flexibility index (Phi) is 55.4. The van der Waals surface area contributed by atoms with E-state index in [1.165, 1.54) is 122 Å². The molecule has 4 nitrogen and oxygen atoms in total. The number of carbonyl (C=O) groups excluding carboxylic acids is 1. The zero-order chi connectivity index (χ0) is 49.2. The Morgan fingerprint density at radius 2 is 0.647 bits per heavy atom. The third-order valence-electron chi connectivity index (χ3n) is 12.5. The molecule has 0 aliphatic rings. The number of nitrogens with one attached hydrogen (secondary N) is 1. The fourth-order valence-electron chi connectivity index (χ4n) is 8.15. The standard InChI is InChI=1S/C64H109NO3/c1-3-5-7-9-11-13-15-17-19-21-23-25-26-27-28-29-30-31-32-33-34-35-36-37-38-40-42-44-46-48-50-52-54-56-58-60-64(68)65-62(61-66)63(67)59-57-55-53-51-49-47-45-43-41-39-24-22-20-18-16-14-12-10-8-6-4-2/h5,7,11,13,17,19,23,25,27-28,30-31,33-34,36-37,40,42,46,48,62-63,66-67H,3-4,6,8-10,12,14-16,18,20-22,24,26,29,32,35,38-39,41,43-45,47,49-61H2,1-2H3,(H,65,68)/b7-5-,13-11-,19-17-,25-23-,28-27-,31-30-,34-33-,37-36-,42-40-,48-46-. The van der Waals surface area contributed by atoms with Crippen LogP contribution in [0.5, 0.6) is 0 Å². The Balaban J connectivity index is 3.64. The molecule has 0 aromatic carbocycles. The van der Waals surface area contributed by atoms with Crippen molar-refractivity contribution in [2.24, 2.45) is 0 Å². The molecule has 0 saturated heterocycles. The van der Waals surface area contributed by atoms with E-state index in [1.807, 2.05) is 0 Å². The van der Waals surface area contributed by atoms with E-state index >= 15 is 0 Å². The Morgan fingerprint density at radius 1 is 0.368 bits per heavy atom. The number of aliphatic hydroxyl groups is 2. The number of amides is 1. The predicted octanol–water partition coefficient (Wildman–Crippen LogP) is 19.2. The largest absolute Gasteiger partial charge is 0.394 e. The predicted molar refractivity (Wildman–Crippen MR) is 303 cm³/mol. The summed E-state index contributed by atoms with van der Waals surface area (Å²) in [4.78, 5) is 12.5. The molecule has 2 atom stereocenters. The second-order valence-electron chi connectivity index (χ2n) is 19.0. The molecule has 388 valence electrons. The molecule has 0 rings (SSSR count). The summed E-state index contributed by atoms with van der Waals surface area (Å²) in [5.74, 6) is -0.0586. The molecule has 0 radical (unpaired) electrons. The van der Waals surface area contributed by atoms with Crippen molar-refractivity contribution in [2.45, 2.75) is 270 Å². The summed E-state index contributed by atoms with van der Waals surface area (Å²) in [5, 5.41) is 23.3. The van der Waals surface area contributed by atoms with E-state index in [0.29, 0.717) is 12.8 Å². The maximum absolute atomic E-state index is 12.5. The highest BCUT2D eigenvalue weighted by Gasteiger charge is 2.20. The minimum absolute atomic E-state index is 0.0586. The lowest BCUT2D eigenvalue weighted by molar-refractivity contribution is -0.123. The van der Waals surface area contributed by atoms with E-state index in [9.17, 15) is 15.0 Å². The summed E-state index contributed by atoms with van der Waals surface area (Å²) < 4.78 is 0. The Labute approximate surface area is 422 Å². The van der Waals surface area contributed by atoms with Crippen LogP contribution in [-0.2, 0) is 4.79 Å². The number of unbranched alkanes of at least 4 members (excludes halogenated alkanes) is 24. The number of aliphatic hydroxyl groups excluding tert-OH is 2. The molecular weight excluding hydrogens is 831 g/mol. The van der Waals surface area contributed by atoms with Gasteiger partial charge < -0.3 is 15.5 Å². The van der Waals surface area contributed by atoms with Crippen LogP contribution in [0.2, 0.25) is 0 Å². The normalized spacial score (nSPS) is 13.8. The number of hydrogen-bond acceptors (Lipinski definition) is 3. The van der Waals surface area contributed by atoms with Gasteiger partial charge in [0.2, 0.25) is 5.91 Å². The summed E-state index contributed by atoms with van der Waals surface area (Å²) in [5.41, 5.74) is 0. The summed E-state index contributed by atoms with van der Waals surface area (Å²) >= 11 is 0. The topological polar surface area (TPSA) is 69.6 Å². The first kappa shape index (κ1) is 64.8. The molecule has 0 spiro atoms. The molecule has 1 amide bonds. The van der Waals surface area contributed by atoms with Crippen LogP contribution in [0.4, 0.5) is 0 Å². The Hall–Kier alpha value is -3.21. The van der Waals surface area contributed by atoms with E-state index in [2.05, 4.69) is 141 Å². The Bertz CT molecular complexity index is 1340. The van der Waals surface area contributed by atoms with E-state index in [-0.39, 0.29) is 12.5 Å². The van der Waals surface area contributed by atoms with Crippen molar-refractivity contribution in [3.63, 3.8) is 0 Å². The van der Waals surface area contributed by atoms with Gasteiger partial charge in [0.05, 0.1) is 18.8 Å². The van der Waals surface area contributed by atoms with Crippen molar-refractivity contribution in [3.05, 3.63) is 122 Å². The van der Waals surface area contributed by atoms with Gasteiger partial charge in [-0.25, -0.2) is 0 Å². The minimum atomic E-state index is -0.680. The van der Waals surface area contributed by atoms with Crippen molar-refractivity contribution in [1.82, 2.24) is 5.32 Å². The minimum Gasteiger partial charge on any atom is -0.394 e. The molecule has 0 aromatic heterocycles. The lowest BCUT2D eigenvalue weighted by Crippen LogP contribution is -2.45. The first-order chi connectivity index (χ1) is 33.7. The average molecular weight is 941 g/mol. The van der Waals surface area contributed by atoms with Crippen LogP contribution in [-0.4, -0.2) is 34.9 Å². The third-order valence-corrected chi connectivity index (χ3v) is 12.5. The van der Waals surface area contributed by atoms with Crippen LogP contribution < -0.4 is 5.32 Å². The number of allylic oxidation sites excluding steroid dienone is 20. The van der Waals surface area contributed by atoms with Crippen molar-refractivity contribution in [3.8, 4) is 0 Å². The molecule has 0 saturated carbocycles. The smallest absolute Gasteiger partial charge is 0.220 e. The number of carbonyl (C=O) groups is 1.